The van der Waals surface area contributed by atoms with Crippen molar-refractivity contribution in [1.29, 1.82) is 0 Å². The highest BCUT2D eigenvalue weighted by Gasteiger charge is 2.15. The molecule has 1 aliphatic rings. The lowest BCUT2D eigenvalue weighted by atomic mass is 10.1. The summed E-state index contributed by atoms with van der Waals surface area (Å²) < 4.78 is 7.76. The average Bonchev–Trinajstić information content (AvgIpc) is 2.80. The Kier molecular flexibility index (Phi) is 3.21. The Hall–Kier alpha value is -1.53. The minimum Gasteiger partial charge on any atom is -0.370 e. The van der Waals surface area contributed by atoms with Crippen LogP contribution in [0.5, 0.6) is 0 Å². The van der Waals surface area contributed by atoms with Gasteiger partial charge in [-0.15, -0.1) is 10.2 Å². The summed E-state index contributed by atoms with van der Waals surface area (Å²) in [5.41, 5.74) is 1.77. The molecule has 0 aliphatic carbocycles. The van der Waals surface area contributed by atoms with Gasteiger partial charge in [0.05, 0.1) is 6.10 Å². The molecule has 6 nitrogen and oxygen atoms in total. The Labute approximate surface area is 105 Å². The van der Waals surface area contributed by atoms with Crippen LogP contribution in [0.4, 0.5) is 0 Å². The van der Waals surface area contributed by atoms with Gasteiger partial charge in [0.15, 0.2) is 11.5 Å². The second kappa shape index (κ2) is 4.99. The van der Waals surface area contributed by atoms with E-state index in [1.807, 2.05) is 17.4 Å². The number of rotatable bonds is 3. The molecule has 0 bridgehead atoms. The topological polar surface area (TPSA) is 64.3 Å². The van der Waals surface area contributed by atoms with Gasteiger partial charge in [-0.25, -0.2) is 4.98 Å². The van der Waals surface area contributed by atoms with Crippen LogP contribution in [0.3, 0.4) is 0 Å². The highest BCUT2D eigenvalue weighted by atomic mass is 16.5. The van der Waals surface area contributed by atoms with Crippen LogP contribution in [-0.2, 0) is 11.3 Å². The molecule has 0 atom stereocenters. The zero-order valence-corrected chi connectivity index (χ0v) is 10.5. The molecule has 2 aromatic rings. The van der Waals surface area contributed by atoms with Gasteiger partial charge in [0.1, 0.15) is 12.9 Å². The molecule has 1 saturated heterocycles. The molecular weight excluding hydrogens is 230 g/mol. The van der Waals surface area contributed by atoms with E-state index in [0.29, 0.717) is 12.7 Å². The first-order chi connectivity index (χ1) is 8.83. The van der Waals surface area contributed by atoms with Crippen molar-refractivity contribution in [3.63, 3.8) is 0 Å². The molecule has 0 amide bonds. The van der Waals surface area contributed by atoms with Crippen molar-refractivity contribution in [2.75, 3.05) is 13.1 Å². The Morgan fingerprint density at radius 1 is 1.39 bits per heavy atom. The third-order valence-corrected chi connectivity index (χ3v) is 3.24. The van der Waals surface area contributed by atoms with Crippen molar-refractivity contribution < 1.29 is 4.74 Å². The summed E-state index contributed by atoms with van der Waals surface area (Å²) in [4.78, 5) is 4.25. The number of ether oxygens (including phenoxy) is 1. The van der Waals surface area contributed by atoms with Crippen LogP contribution >= 0.6 is 0 Å². The van der Waals surface area contributed by atoms with Gasteiger partial charge in [0.25, 0.3) is 0 Å². The van der Waals surface area contributed by atoms with Gasteiger partial charge in [0, 0.05) is 11.8 Å². The highest BCUT2D eigenvalue weighted by molar-refractivity contribution is 5.37. The Morgan fingerprint density at radius 3 is 3.06 bits per heavy atom. The van der Waals surface area contributed by atoms with E-state index < -0.39 is 0 Å². The van der Waals surface area contributed by atoms with Gasteiger partial charge in [0.2, 0.25) is 0 Å². The minimum absolute atomic E-state index is 0.331. The molecule has 2 aromatic heterocycles. The van der Waals surface area contributed by atoms with Crippen molar-refractivity contribution in [2.24, 2.45) is 0 Å². The van der Waals surface area contributed by atoms with Gasteiger partial charge < -0.3 is 10.1 Å². The number of aryl methyl sites for hydroxylation is 1. The van der Waals surface area contributed by atoms with Crippen LogP contribution in [0, 0.1) is 6.92 Å². The number of hydrogen-bond donors (Lipinski definition) is 1. The lowest BCUT2D eigenvalue weighted by Gasteiger charge is -2.22. The van der Waals surface area contributed by atoms with Crippen molar-refractivity contribution in [1.82, 2.24) is 24.9 Å². The van der Waals surface area contributed by atoms with Crippen molar-refractivity contribution in [3.8, 4) is 0 Å². The Bertz CT molecular complexity index is 532. The quantitative estimate of drug-likeness (QED) is 0.865. The summed E-state index contributed by atoms with van der Waals surface area (Å²) in [6, 6.07) is 1.92. The standard InChI is InChI=1S/C12H17N5O/c1-9-6-11-15-16-12(17(11)8-14-9)7-18-10-2-4-13-5-3-10/h6,8,10,13H,2-5,7H2,1H3. The number of piperidine rings is 1. The van der Waals surface area contributed by atoms with Gasteiger partial charge >= 0.3 is 0 Å². The molecule has 96 valence electrons. The molecular formula is C12H17N5O. The van der Waals surface area contributed by atoms with Crippen LogP contribution in [-0.4, -0.2) is 38.8 Å². The number of nitrogens with one attached hydrogen (secondary N) is 1. The molecule has 0 spiro atoms. The molecule has 6 heteroatoms. The third-order valence-electron chi connectivity index (χ3n) is 3.24. The number of nitrogens with zero attached hydrogens (tertiary/aromatic N) is 4. The summed E-state index contributed by atoms with van der Waals surface area (Å²) in [7, 11) is 0. The van der Waals surface area contributed by atoms with Gasteiger partial charge in [-0.3, -0.25) is 4.40 Å². The first kappa shape index (κ1) is 11.6. The summed E-state index contributed by atoms with van der Waals surface area (Å²) in [5, 5.41) is 11.6. The molecule has 1 N–H and O–H groups in total. The van der Waals surface area contributed by atoms with Gasteiger partial charge in [-0.1, -0.05) is 0 Å². The SMILES string of the molecule is Cc1cc2nnc(COC3CCNCC3)n2cn1. The fourth-order valence-electron chi connectivity index (χ4n) is 2.19. The van der Waals surface area contributed by atoms with E-state index in [1.165, 1.54) is 0 Å². The molecule has 1 fully saturated rings. The predicted molar refractivity (Wildman–Crippen MR) is 66.2 cm³/mol. The zero-order chi connectivity index (χ0) is 12.4. The van der Waals surface area contributed by atoms with E-state index in [1.54, 1.807) is 6.33 Å². The molecule has 3 heterocycles. The maximum atomic E-state index is 5.87. The van der Waals surface area contributed by atoms with Gasteiger partial charge in [-0.05, 0) is 32.9 Å². The smallest absolute Gasteiger partial charge is 0.164 e. The Balaban J connectivity index is 1.70. The lowest BCUT2D eigenvalue weighted by molar-refractivity contribution is 0.0174. The van der Waals surface area contributed by atoms with Crippen LogP contribution in [0.25, 0.3) is 5.65 Å². The maximum absolute atomic E-state index is 5.87. The summed E-state index contributed by atoms with van der Waals surface area (Å²) in [6.07, 6.45) is 4.21. The summed E-state index contributed by atoms with van der Waals surface area (Å²) in [5.74, 6) is 0.816. The lowest BCUT2D eigenvalue weighted by Crippen LogP contribution is -2.32. The van der Waals surface area contributed by atoms with Crippen molar-refractivity contribution >= 4 is 5.65 Å². The van der Waals surface area contributed by atoms with E-state index in [4.69, 9.17) is 4.74 Å². The fraction of sp³-hybridized carbons (Fsp3) is 0.583. The minimum atomic E-state index is 0.331. The van der Waals surface area contributed by atoms with E-state index in [0.717, 1.165) is 43.1 Å². The number of aromatic nitrogens is 4. The largest absolute Gasteiger partial charge is 0.370 e. The highest BCUT2D eigenvalue weighted by Crippen LogP contribution is 2.11. The number of hydrogen-bond acceptors (Lipinski definition) is 5. The van der Waals surface area contributed by atoms with E-state index in [9.17, 15) is 0 Å². The van der Waals surface area contributed by atoms with Crippen molar-refractivity contribution in [3.05, 3.63) is 23.9 Å². The number of fused-ring (bicyclic) bond motifs is 1. The molecule has 3 rings (SSSR count). The molecule has 1 aliphatic heterocycles. The van der Waals surface area contributed by atoms with Crippen LogP contribution in [0.1, 0.15) is 24.4 Å². The fourth-order valence-corrected chi connectivity index (χ4v) is 2.19. The second-order valence-corrected chi connectivity index (χ2v) is 4.64. The third kappa shape index (κ3) is 2.34. The van der Waals surface area contributed by atoms with Crippen LogP contribution in [0.2, 0.25) is 0 Å². The molecule has 0 unspecified atom stereocenters. The van der Waals surface area contributed by atoms with Crippen LogP contribution < -0.4 is 5.32 Å². The van der Waals surface area contributed by atoms with E-state index in [-0.39, 0.29) is 0 Å². The maximum Gasteiger partial charge on any atom is 0.164 e. The first-order valence-corrected chi connectivity index (χ1v) is 6.31. The van der Waals surface area contributed by atoms with E-state index in [2.05, 4.69) is 20.5 Å². The van der Waals surface area contributed by atoms with Crippen LogP contribution in [0.15, 0.2) is 12.4 Å². The molecule has 0 saturated carbocycles. The average molecular weight is 247 g/mol. The molecule has 0 radical (unpaired) electrons. The first-order valence-electron chi connectivity index (χ1n) is 6.31. The predicted octanol–water partition coefficient (Wildman–Crippen LogP) is 0.701. The summed E-state index contributed by atoms with van der Waals surface area (Å²) >= 11 is 0. The van der Waals surface area contributed by atoms with E-state index >= 15 is 0 Å². The second-order valence-electron chi connectivity index (χ2n) is 4.64. The monoisotopic (exact) mass is 247 g/mol. The summed E-state index contributed by atoms with van der Waals surface area (Å²) in [6.45, 7) is 4.51. The zero-order valence-electron chi connectivity index (χ0n) is 10.5. The van der Waals surface area contributed by atoms with Crippen molar-refractivity contribution in [2.45, 2.75) is 32.5 Å². The molecule has 0 aromatic carbocycles. The normalized spacial score (nSPS) is 17.4. The van der Waals surface area contributed by atoms with Gasteiger partial charge in [-0.2, -0.15) is 0 Å². The Morgan fingerprint density at radius 2 is 2.22 bits per heavy atom. The molecule has 18 heavy (non-hydrogen) atoms.